The highest BCUT2D eigenvalue weighted by Crippen LogP contribution is 2.25. The van der Waals surface area contributed by atoms with Crippen molar-refractivity contribution in [3.8, 4) is 0 Å². The van der Waals surface area contributed by atoms with Gasteiger partial charge in [-0.25, -0.2) is 0 Å². The quantitative estimate of drug-likeness (QED) is 0.876. The van der Waals surface area contributed by atoms with E-state index in [0.717, 1.165) is 43.7 Å². The van der Waals surface area contributed by atoms with Gasteiger partial charge in [-0.05, 0) is 34.1 Å². The lowest BCUT2D eigenvalue weighted by molar-refractivity contribution is 0.0227. The molecule has 2 aliphatic rings. The summed E-state index contributed by atoms with van der Waals surface area (Å²) in [6, 6.07) is 5.86. The topological polar surface area (TPSA) is 35.6 Å². The van der Waals surface area contributed by atoms with Crippen molar-refractivity contribution in [3.63, 3.8) is 0 Å². The molecule has 0 saturated carbocycles. The van der Waals surface area contributed by atoms with Crippen LogP contribution in [0.2, 0.25) is 5.02 Å². The SMILES string of the molecule is O=C(c1ccc(Cl)c(Br)c1)N1CC(N2CCNCC2)C1. The Kier molecular flexibility index (Phi) is 4.31. The third kappa shape index (κ3) is 2.86. The van der Waals surface area contributed by atoms with Crippen molar-refractivity contribution in [2.24, 2.45) is 0 Å². The summed E-state index contributed by atoms with van der Waals surface area (Å²) in [5, 5.41) is 3.98. The number of nitrogens with zero attached hydrogens (tertiary/aromatic N) is 2. The lowest BCUT2D eigenvalue weighted by atomic mass is 10.0. The van der Waals surface area contributed by atoms with Crippen molar-refractivity contribution in [2.75, 3.05) is 39.3 Å². The fraction of sp³-hybridized carbons (Fsp3) is 0.500. The number of hydrogen-bond acceptors (Lipinski definition) is 3. The molecule has 1 N–H and O–H groups in total. The number of likely N-dealkylation sites (tertiary alicyclic amines) is 1. The van der Waals surface area contributed by atoms with Crippen molar-refractivity contribution < 1.29 is 4.79 Å². The molecule has 0 aliphatic carbocycles. The number of piperazine rings is 1. The van der Waals surface area contributed by atoms with Crippen molar-refractivity contribution in [1.82, 2.24) is 15.1 Å². The number of halogens is 2. The molecule has 2 fully saturated rings. The van der Waals surface area contributed by atoms with Gasteiger partial charge in [-0.15, -0.1) is 0 Å². The van der Waals surface area contributed by atoms with Gasteiger partial charge in [0.25, 0.3) is 5.91 Å². The molecule has 2 heterocycles. The molecule has 0 bridgehead atoms. The van der Waals surface area contributed by atoms with Crippen LogP contribution in [0.25, 0.3) is 0 Å². The maximum Gasteiger partial charge on any atom is 0.254 e. The minimum absolute atomic E-state index is 0.0914. The van der Waals surface area contributed by atoms with E-state index in [2.05, 4.69) is 26.1 Å². The number of amides is 1. The molecule has 2 saturated heterocycles. The van der Waals surface area contributed by atoms with E-state index in [-0.39, 0.29) is 5.91 Å². The standard InChI is InChI=1S/C14H17BrClN3O/c15-12-7-10(1-2-13(12)16)14(20)19-8-11(9-19)18-5-3-17-4-6-18/h1-2,7,11,17H,3-6,8-9H2. The van der Waals surface area contributed by atoms with E-state index in [1.165, 1.54) is 0 Å². The number of hydrogen-bond donors (Lipinski definition) is 1. The highest BCUT2D eigenvalue weighted by Gasteiger charge is 2.35. The normalized spacial score (nSPS) is 20.8. The molecule has 4 nitrogen and oxygen atoms in total. The van der Waals surface area contributed by atoms with Gasteiger partial charge in [-0.3, -0.25) is 9.69 Å². The minimum Gasteiger partial charge on any atom is -0.335 e. The summed E-state index contributed by atoms with van der Waals surface area (Å²) in [5.74, 6) is 0.0914. The highest BCUT2D eigenvalue weighted by molar-refractivity contribution is 9.10. The Labute approximate surface area is 132 Å². The van der Waals surface area contributed by atoms with Crippen LogP contribution in [0.3, 0.4) is 0 Å². The van der Waals surface area contributed by atoms with E-state index in [1.807, 2.05) is 4.90 Å². The Balaban J connectivity index is 1.58. The molecule has 1 aromatic carbocycles. The Morgan fingerprint density at radius 2 is 2.00 bits per heavy atom. The smallest absolute Gasteiger partial charge is 0.254 e. The summed E-state index contributed by atoms with van der Waals surface area (Å²) in [4.78, 5) is 16.7. The van der Waals surface area contributed by atoms with Crippen LogP contribution in [-0.4, -0.2) is 61.0 Å². The van der Waals surface area contributed by atoms with Crippen molar-refractivity contribution in [3.05, 3.63) is 33.3 Å². The van der Waals surface area contributed by atoms with Gasteiger partial charge in [0, 0.05) is 55.3 Å². The summed E-state index contributed by atoms with van der Waals surface area (Å²) in [5.41, 5.74) is 0.694. The monoisotopic (exact) mass is 357 g/mol. The van der Waals surface area contributed by atoms with Gasteiger partial charge in [0.15, 0.2) is 0 Å². The van der Waals surface area contributed by atoms with Crippen LogP contribution in [-0.2, 0) is 0 Å². The van der Waals surface area contributed by atoms with Gasteiger partial charge >= 0.3 is 0 Å². The zero-order valence-electron chi connectivity index (χ0n) is 11.1. The van der Waals surface area contributed by atoms with E-state index in [0.29, 0.717) is 16.6 Å². The zero-order valence-corrected chi connectivity index (χ0v) is 13.5. The van der Waals surface area contributed by atoms with Crippen LogP contribution in [0.5, 0.6) is 0 Å². The summed E-state index contributed by atoms with van der Waals surface area (Å²) in [6.45, 7) is 5.93. The first-order valence-electron chi connectivity index (χ1n) is 6.84. The molecule has 0 unspecified atom stereocenters. The van der Waals surface area contributed by atoms with Crippen LogP contribution in [0.15, 0.2) is 22.7 Å². The molecule has 0 atom stereocenters. The van der Waals surface area contributed by atoms with Gasteiger partial charge < -0.3 is 10.2 Å². The maximum absolute atomic E-state index is 12.3. The summed E-state index contributed by atoms with van der Waals surface area (Å²) in [7, 11) is 0. The first kappa shape index (κ1) is 14.3. The van der Waals surface area contributed by atoms with Crippen LogP contribution in [0, 0.1) is 0 Å². The molecule has 108 valence electrons. The second kappa shape index (κ2) is 6.02. The summed E-state index contributed by atoms with van der Waals surface area (Å²) < 4.78 is 0.768. The number of benzene rings is 1. The first-order valence-corrected chi connectivity index (χ1v) is 8.01. The second-order valence-corrected chi connectivity index (χ2v) is 6.54. The van der Waals surface area contributed by atoms with Crippen LogP contribution in [0.4, 0.5) is 0 Å². The Bertz CT molecular complexity index is 513. The minimum atomic E-state index is 0.0914. The predicted molar refractivity (Wildman–Crippen MR) is 83.3 cm³/mol. The zero-order chi connectivity index (χ0) is 14.1. The fourth-order valence-corrected chi connectivity index (χ4v) is 3.21. The van der Waals surface area contributed by atoms with Gasteiger partial charge in [0.1, 0.15) is 0 Å². The summed E-state index contributed by atoms with van der Waals surface area (Å²) >= 11 is 9.31. The average molecular weight is 359 g/mol. The lowest BCUT2D eigenvalue weighted by Crippen LogP contribution is -2.63. The van der Waals surface area contributed by atoms with E-state index in [4.69, 9.17) is 11.6 Å². The molecule has 2 aliphatic heterocycles. The molecule has 0 aromatic heterocycles. The molecule has 0 radical (unpaired) electrons. The third-order valence-corrected chi connectivity index (χ3v) is 5.20. The molecule has 6 heteroatoms. The fourth-order valence-electron chi connectivity index (χ4n) is 2.71. The molecule has 3 rings (SSSR count). The average Bonchev–Trinajstić information content (AvgIpc) is 2.41. The van der Waals surface area contributed by atoms with Gasteiger partial charge in [-0.1, -0.05) is 11.6 Å². The van der Waals surface area contributed by atoms with Gasteiger partial charge in [0.05, 0.1) is 5.02 Å². The van der Waals surface area contributed by atoms with Crippen LogP contribution < -0.4 is 5.32 Å². The molecule has 0 spiro atoms. The Morgan fingerprint density at radius 1 is 1.30 bits per heavy atom. The lowest BCUT2D eigenvalue weighted by Gasteiger charge is -2.46. The molecular formula is C14H17BrClN3O. The van der Waals surface area contributed by atoms with Crippen LogP contribution in [0.1, 0.15) is 10.4 Å². The second-order valence-electron chi connectivity index (χ2n) is 5.28. The first-order chi connectivity index (χ1) is 9.65. The molecule has 20 heavy (non-hydrogen) atoms. The molecule has 1 amide bonds. The van der Waals surface area contributed by atoms with E-state index in [9.17, 15) is 4.79 Å². The van der Waals surface area contributed by atoms with Crippen molar-refractivity contribution >= 4 is 33.4 Å². The van der Waals surface area contributed by atoms with E-state index in [1.54, 1.807) is 18.2 Å². The van der Waals surface area contributed by atoms with Crippen molar-refractivity contribution in [2.45, 2.75) is 6.04 Å². The molecular weight excluding hydrogens is 342 g/mol. The largest absolute Gasteiger partial charge is 0.335 e. The number of carbonyl (C=O) groups excluding carboxylic acids is 1. The third-order valence-electron chi connectivity index (χ3n) is 3.98. The van der Waals surface area contributed by atoms with E-state index >= 15 is 0 Å². The Morgan fingerprint density at radius 3 is 2.65 bits per heavy atom. The maximum atomic E-state index is 12.3. The van der Waals surface area contributed by atoms with E-state index < -0.39 is 0 Å². The predicted octanol–water partition coefficient (Wildman–Crippen LogP) is 1.83. The molecule has 1 aromatic rings. The Hall–Kier alpha value is -0.620. The van der Waals surface area contributed by atoms with Crippen LogP contribution >= 0.6 is 27.5 Å². The highest BCUT2D eigenvalue weighted by atomic mass is 79.9. The number of rotatable bonds is 2. The number of nitrogens with one attached hydrogen (secondary N) is 1. The number of carbonyl (C=O) groups is 1. The van der Waals surface area contributed by atoms with Gasteiger partial charge in [0.2, 0.25) is 0 Å². The van der Waals surface area contributed by atoms with Crippen molar-refractivity contribution in [1.29, 1.82) is 0 Å². The van der Waals surface area contributed by atoms with Gasteiger partial charge in [-0.2, -0.15) is 0 Å². The summed E-state index contributed by atoms with van der Waals surface area (Å²) in [6.07, 6.45) is 0.